The third-order valence-electron chi connectivity index (χ3n) is 2.82. The minimum atomic E-state index is -2.35. The van der Waals surface area contributed by atoms with E-state index in [-0.39, 0.29) is 18.1 Å². The topological polar surface area (TPSA) is 74.7 Å². The van der Waals surface area contributed by atoms with E-state index in [9.17, 15) is 13.8 Å². The van der Waals surface area contributed by atoms with Gasteiger partial charge < -0.3 is 4.79 Å². The molecule has 96 valence electrons. The molecule has 0 spiro atoms. The summed E-state index contributed by atoms with van der Waals surface area (Å²) in [6, 6.07) is 0. The van der Waals surface area contributed by atoms with Gasteiger partial charge in [-0.25, -0.2) is 8.51 Å². The summed E-state index contributed by atoms with van der Waals surface area (Å²) >= 11 is -2.35. The average Bonchev–Trinajstić information content (AvgIpc) is 2.22. The van der Waals surface area contributed by atoms with Crippen molar-refractivity contribution in [2.45, 2.75) is 33.1 Å². The Morgan fingerprint density at radius 1 is 1.59 bits per heavy atom. The zero-order valence-electron chi connectivity index (χ0n) is 9.96. The number of hydrogen-bond donors (Lipinski definition) is 1. The molecule has 1 heterocycles. The van der Waals surface area contributed by atoms with Gasteiger partial charge >= 0.3 is 0 Å². The van der Waals surface area contributed by atoms with Crippen molar-refractivity contribution in [1.82, 2.24) is 4.31 Å². The lowest BCUT2D eigenvalue weighted by Crippen LogP contribution is -2.40. The van der Waals surface area contributed by atoms with Crippen LogP contribution in [-0.2, 0) is 20.9 Å². The van der Waals surface area contributed by atoms with Gasteiger partial charge in [0.05, 0.1) is 5.92 Å². The van der Waals surface area contributed by atoms with Gasteiger partial charge in [-0.15, -0.1) is 0 Å². The predicted octanol–water partition coefficient (Wildman–Crippen LogP) is 1.49. The number of rotatable bonds is 5. The number of ketones is 1. The molecule has 0 aromatic heterocycles. The Bertz CT molecular complexity index is 366. The smallest absolute Gasteiger partial charge is 0.268 e. The van der Waals surface area contributed by atoms with Crippen LogP contribution in [0.5, 0.6) is 0 Å². The van der Waals surface area contributed by atoms with Crippen LogP contribution < -0.4 is 0 Å². The fourth-order valence-corrected chi connectivity index (χ4v) is 2.51. The van der Waals surface area contributed by atoms with Crippen molar-refractivity contribution in [3.05, 3.63) is 12.3 Å². The number of carbonyl (C=O) groups excluding carboxylic acids is 2. The van der Waals surface area contributed by atoms with E-state index in [1.54, 1.807) is 6.08 Å². The molecule has 0 saturated heterocycles. The largest absolute Gasteiger partial charge is 0.300 e. The zero-order chi connectivity index (χ0) is 13.0. The van der Waals surface area contributed by atoms with Crippen molar-refractivity contribution in [3.63, 3.8) is 0 Å². The van der Waals surface area contributed by atoms with Gasteiger partial charge in [-0.1, -0.05) is 19.4 Å². The maximum absolute atomic E-state index is 12.0. The second kappa shape index (κ2) is 6.07. The lowest BCUT2D eigenvalue weighted by atomic mass is 9.83. The van der Waals surface area contributed by atoms with Crippen molar-refractivity contribution < 1.29 is 18.4 Å². The van der Waals surface area contributed by atoms with Crippen molar-refractivity contribution in [1.29, 1.82) is 0 Å². The van der Waals surface area contributed by atoms with Crippen LogP contribution >= 0.6 is 0 Å². The van der Waals surface area contributed by atoms with Crippen molar-refractivity contribution >= 4 is 23.0 Å². The van der Waals surface area contributed by atoms with Gasteiger partial charge in [0.2, 0.25) is 5.91 Å². The Balaban J connectivity index is 2.93. The van der Waals surface area contributed by atoms with Crippen LogP contribution in [0.4, 0.5) is 0 Å². The summed E-state index contributed by atoms with van der Waals surface area (Å²) in [5, 5.41) is 0. The predicted molar refractivity (Wildman–Crippen MR) is 63.9 cm³/mol. The summed E-state index contributed by atoms with van der Waals surface area (Å²) < 4.78 is 20.7. The fourth-order valence-electron chi connectivity index (χ4n) is 2.05. The van der Waals surface area contributed by atoms with Crippen LogP contribution in [-0.4, -0.2) is 24.8 Å². The molecule has 0 saturated carbocycles. The standard InChI is InChI=1S/C11H17NO4S/c1-3-4-9-5-6-12(17(15)16)11(14)10(9)7-8(2)13/h5-6,9-10H,3-4,7H2,1-2H3,(H,15,16)/t9-,10-/m0/s1. The number of hydrogen-bond acceptors (Lipinski definition) is 3. The monoisotopic (exact) mass is 259 g/mol. The number of amides is 1. The highest BCUT2D eigenvalue weighted by molar-refractivity contribution is 7.77. The van der Waals surface area contributed by atoms with Crippen LogP contribution in [0, 0.1) is 11.8 Å². The zero-order valence-corrected chi connectivity index (χ0v) is 10.8. The molecule has 0 fully saturated rings. The molecule has 3 atom stereocenters. The van der Waals surface area contributed by atoms with Crippen molar-refractivity contribution in [3.8, 4) is 0 Å². The Labute approximate surface area is 103 Å². The molecule has 1 aliphatic heterocycles. The summed E-state index contributed by atoms with van der Waals surface area (Å²) in [4.78, 5) is 23.1. The number of allylic oxidation sites excluding steroid dienone is 1. The van der Waals surface area contributed by atoms with E-state index in [2.05, 4.69) is 0 Å². The summed E-state index contributed by atoms with van der Waals surface area (Å²) in [7, 11) is 0. The molecule has 0 radical (unpaired) electrons. The van der Waals surface area contributed by atoms with E-state index in [1.165, 1.54) is 13.1 Å². The molecule has 1 aliphatic rings. The fraction of sp³-hybridized carbons (Fsp3) is 0.636. The van der Waals surface area contributed by atoms with Gasteiger partial charge in [-0.05, 0) is 19.3 Å². The number of nitrogens with zero attached hydrogens (tertiary/aromatic N) is 1. The second-order valence-corrected chi connectivity index (χ2v) is 5.06. The first-order chi connectivity index (χ1) is 7.97. The molecule has 0 aromatic rings. The van der Waals surface area contributed by atoms with E-state index >= 15 is 0 Å². The van der Waals surface area contributed by atoms with Gasteiger partial charge in [-0.2, -0.15) is 0 Å². The van der Waals surface area contributed by atoms with Crippen LogP contribution in [0.1, 0.15) is 33.1 Å². The third-order valence-corrected chi connectivity index (χ3v) is 3.46. The molecule has 0 bridgehead atoms. The summed E-state index contributed by atoms with van der Waals surface area (Å²) in [6.45, 7) is 3.43. The Morgan fingerprint density at radius 3 is 2.71 bits per heavy atom. The maximum atomic E-state index is 12.0. The molecule has 17 heavy (non-hydrogen) atoms. The van der Waals surface area contributed by atoms with Gasteiger partial charge in [0.1, 0.15) is 5.78 Å². The molecule has 0 aromatic carbocycles. The van der Waals surface area contributed by atoms with Gasteiger partial charge in [0.25, 0.3) is 11.3 Å². The third kappa shape index (κ3) is 3.47. The Hall–Kier alpha value is -1.01. The molecular formula is C11H17NO4S. The minimum absolute atomic E-state index is 0.0174. The summed E-state index contributed by atoms with van der Waals surface area (Å²) in [6.07, 6.45) is 4.91. The summed E-state index contributed by atoms with van der Waals surface area (Å²) in [5.41, 5.74) is 0. The molecule has 1 N–H and O–H groups in total. The molecular weight excluding hydrogens is 242 g/mol. The molecule has 5 nitrogen and oxygen atoms in total. The Kier molecular flexibility index (Phi) is 5.02. The lowest BCUT2D eigenvalue weighted by Gasteiger charge is -2.30. The quantitative estimate of drug-likeness (QED) is 0.759. The van der Waals surface area contributed by atoms with E-state index in [4.69, 9.17) is 4.55 Å². The number of carbonyl (C=O) groups is 2. The second-order valence-electron chi connectivity index (χ2n) is 4.20. The van der Waals surface area contributed by atoms with E-state index in [0.717, 1.165) is 17.1 Å². The maximum Gasteiger partial charge on any atom is 0.268 e. The van der Waals surface area contributed by atoms with Crippen LogP contribution in [0.15, 0.2) is 12.3 Å². The van der Waals surface area contributed by atoms with E-state index in [1.807, 2.05) is 6.92 Å². The summed E-state index contributed by atoms with van der Waals surface area (Å²) in [5.74, 6) is -1.05. The first-order valence-electron chi connectivity index (χ1n) is 5.59. The first kappa shape index (κ1) is 14.1. The van der Waals surface area contributed by atoms with E-state index in [0.29, 0.717) is 0 Å². The average molecular weight is 259 g/mol. The molecule has 1 unspecified atom stereocenters. The van der Waals surface area contributed by atoms with Crippen molar-refractivity contribution in [2.24, 2.45) is 11.8 Å². The number of Topliss-reactive ketones (excluding diaryl/α,β-unsaturated/α-hetero) is 1. The Morgan fingerprint density at radius 2 is 2.24 bits per heavy atom. The SMILES string of the molecule is CCC[C@H]1C=CN(S(=O)O)C(=O)[C@H]1CC(C)=O. The molecule has 0 aliphatic carbocycles. The van der Waals surface area contributed by atoms with Crippen LogP contribution in [0.25, 0.3) is 0 Å². The van der Waals surface area contributed by atoms with Crippen molar-refractivity contribution in [2.75, 3.05) is 0 Å². The normalized spacial score (nSPS) is 26.1. The van der Waals surface area contributed by atoms with Gasteiger partial charge in [0.15, 0.2) is 0 Å². The molecule has 1 amide bonds. The molecule has 6 heteroatoms. The van der Waals surface area contributed by atoms with Gasteiger partial charge in [0, 0.05) is 12.6 Å². The van der Waals surface area contributed by atoms with Crippen LogP contribution in [0.2, 0.25) is 0 Å². The highest BCUT2D eigenvalue weighted by atomic mass is 32.2. The lowest BCUT2D eigenvalue weighted by molar-refractivity contribution is -0.134. The van der Waals surface area contributed by atoms with Gasteiger partial charge in [-0.3, -0.25) is 9.35 Å². The first-order valence-corrected chi connectivity index (χ1v) is 6.65. The highest BCUT2D eigenvalue weighted by Gasteiger charge is 2.35. The molecule has 1 rings (SSSR count). The highest BCUT2D eigenvalue weighted by Crippen LogP contribution is 2.29. The van der Waals surface area contributed by atoms with E-state index < -0.39 is 23.1 Å². The minimum Gasteiger partial charge on any atom is -0.300 e. The van der Waals surface area contributed by atoms with Crippen LogP contribution in [0.3, 0.4) is 0 Å².